The number of rotatable bonds is 4. The smallest absolute Gasteiger partial charge is 0.243 e. The maximum Gasteiger partial charge on any atom is 0.243 e. The van der Waals surface area contributed by atoms with Gasteiger partial charge in [0.15, 0.2) is 0 Å². The van der Waals surface area contributed by atoms with Crippen molar-refractivity contribution >= 4 is 21.8 Å². The van der Waals surface area contributed by atoms with Crippen LogP contribution in [0.3, 0.4) is 0 Å². The Labute approximate surface area is 167 Å². The van der Waals surface area contributed by atoms with E-state index in [0.29, 0.717) is 11.4 Å². The molecule has 27 heavy (non-hydrogen) atoms. The Morgan fingerprint density at radius 2 is 1.78 bits per heavy atom. The Morgan fingerprint density at radius 3 is 2.37 bits per heavy atom. The molecule has 1 aromatic heterocycles. The second-order valence-electron chi connectivity index (χ2n) is 8.08. The number of piperidine rings is 1. The normalized spacial score (nSPS) is 19.2. The van der Waals surface area contributed by atoms with Crippen molar-refractivity contribution in [1.29, 1.82) is 0 Å². The Kier molecular flexibility index (Phi) is 5.99. The predicted octanol–water partition coefficient (Wildman–Crippen LogP) is 5.20. The lowest BCUT2D eigenvalue weighted by atomic mass is 9.99. The molecular weight excluding hydrogens is 376 g/mol. The molecule has 1 aliphatic rings. The molecule has 1 saturated heterocycles. The van der Waals surface area contributed by atoms with Crippen molar-refractivity contribution < 1.29 is 8.42 Å². The summed E-state index contributed by atoms with van der Waals surface area (Å²) in [6.45, 7) is 8.99. The van der Waals surface area contributed by atoms with Gasteiger partial charge >= 0.3 is 0 Å². The van der Waals surface area contributed by atoms with Gasteiger partial charge in [-0.05, 0) is 43.5 Å². The van der Waals surface area contributed by atoms with Gasteiger partial charge < -0.3 is 0 Å². The quantitative estimate of drug-likeness (QED) is 0.658. The molecule has 0 N–H and O–H groups in total. The second kappa shape index (κ2) is 7.94. The van der Waals surface area contributed by atoms with Gasteiger partial charge in [-0.2, -0.15) is 4.31 Å². The van der Waals surface area contributed by atoms with Crippen molar-refractivity contribution in [3.8, 4) is 0 Å². The summed E-state index contributed by atoms with van der Waals surface area (Å²) in [6, 6.07) is 11.0. The van der Waals surface area contributed by atoms with Crippen LogP contribution in [0.2, 0.25) is 0 Å². The van der Waals surface area contributed by atoms with Gasteiger partial charge in [0, 0.05) is 17.5 Å². The van der Waals surface area contributed by atoms with Crippen LogP contribution in [0.4, 0.5) is 0 Å². The molecule has 0 spiro atoms. The second-order valence-corrected chi connectivity index (χ2v) is 11.8. The molecule has 1 fully saturated rings. The molecule has 0 bridgehead atoms. The van der Waals surface area contributed by atoms with Crippen LogP contribution in [0.5, 0.6) is 0 Å². The molecule has 0 unspecified atom stereocenters. The molecule has 6 heteroatoms. The van der Waals surface area contributed by atoms with Gasteiger partial charge in [0.25, 0.3) is 0 Å². The molecule has 0 amide bonds. The standard InChI is InChI=1S/C21H28N2O2S2/c1-16-8-11-18(12-9-16)27(24,25)23-14-6-5-7-19(23)17-10-13-20(22-15-17)26-21(2,3)4/h8-13,15,19H,5-7,14H2,1-4H3/t19-/m1/s1. The van der Waals surface area contributed by atoms with Crippen LogP contribution in [0, 0.1) is 6.92 Å². The molecule has 3 rings (SSSR count). The van der Waals surface area contributed by atoms with Crippen LogP contribution in [0.15, 0.2) is 52.5 Å². The summed E-state index contributed by atoms with van der Waals surface area (Å²) in [4.78, 5) is 4.95. The lowest BCUT2D eigenvalue weighted by Gasteiger charge is -2.35. The molecule has 0 aliphatic carbocycles. The average molecular weight is 405 g/mol. The first-order chi connectivity index (χ1) is 12.7. The van der Waals surface area contributed by atoms with E-state index < -0.39 is 10.0 Å². The fourth-order valence-electron chi connectivity index (χ4n) is 3.33. The summed E-state index contributed by atoms with van der Waals surface area (Å²) in [7, 11) is -3.51. The third-order valence-corrected chi connectivity index (χ3v) is 7.62. The molecule has 2 aromatic rings. The maximum absolute atomic E-state index is 13.2. The van der Waals surface area contributed by atoms with Gasteiger partial charge in [-0.15, -0.1) is 11.8 Å². The zero-order valence-electron chi connectivity index (χ0n) is 16.5. The lowest BCUT2D eigenvalue weighted by Crippen LogP contribution is -2.38. The van der Waals surface area contributed by atoms with Gasteiger partial charge in [0.1, 0.15) is 0 Å². The molecule has 2 heterocycles. The van der Waals surface area contributed by atoms with Crippen molar-refractivity contribution in [2.75, 3.05) is 6.54 Å². The van der Waals surface area contributed by atoms with E-state index in [1.54, 1.807) is 28.2 Å². The van der Waals surface area contributed by atoms with Gasteiger partial charge in [-0.25, -0.2) is 13.4 Å². The molecule has 0 radical (unpaired) electrons. The Morgan fingerprint density at radius 1 is 1.07 bits per heavy atom. The minimum absolute atomic E-state index is 0.0974. The summed E-state index contributed by atoms with van der Waals surface area (Å²) >= 11 is 1.72. The van der Waals surface area contributed by atoms with Crippen molar-refractivity contribution in [3.05, 3.63) is 53.7 Å². The Hall–Kier alpha value is -1.37. The number of benzene rings is 1. The Bertz CT molecular complexity index is 870. The highest BCUT2D eigenvalue weighted by Crippen LogP contribution is 2.36. The van der Waals surface area contributed by atoms with Gasteiger partial charge in [-0.3, -0.25) is 0 Å². The largest absolute Gasteiger partial charge is 0.250 e. The molecule has 146 valence electrons. The van der Waals surface area contributed by atoms with E-state index in [9.17, 15) is 8.42 Å². The number of hydrogen-bond acceptors (Lipinski definition) is 4. The van der Waals surface area contributed by atoms with Gasteiger partial charge in [0.2, 0.25) is 10.0 Å². The SMILES string of the molecule is Cc1ccc(S(=O)(=O)N2CCCC[C@@H]2c2ccc(SC(C)(C)C)nc2)cc1. The van der Waals surface area contributed by atoms with E-state index >= 15 is 0 Å². The number of aromatic nitrogens is 1. The van der Waals surface area contributed by atoms with Crippen LogP contribution in [0.25, 0.3) is 0 Å². The van der Waals surface area contributed by atoms with E-state index in [2.05, 4.69) is 25.8 Å². The molecule has 1 aliphatic heterocycles. The van der Waals surface area contributed by atoms with Crippen molar-refractivity contribution in [2.24, 2.45) is 0 Å². The minimum Gasteiger partial charge on any atom is -0.250 e. The fourth-order valence-corrected chi connectivity index (χ4v) is 5.89. The first kappa shape index (κ1) is 20.4. The van der Waals surface area contributed by atoms with Crippen LogP contribution < -0.4 is 0 Å². The monoisotopic (exact) mass is 404 g/mol. The number of nitrogens with zero attached hydrogens (tertiary/aromatic N) is 2. The summed E-state index contributed by atoms with van der Waals surface area (Å²) in [5.74, 6) is 0. The van der Waals surface area contributed by atoms with Crippen molar-refractivity contribution in [3.63, 3.8) is 0 Å². The number of aryl methyl sites for hydroxylation is 1. The number of sulfonamides is 1. The summed E-state index contributed by atoms with van der Waals surface area (Å²) in [5.41, 5.74) is 2.03. The van der Waals surface area contributed by atoms with Gasteiger partial charge in [0.05, 0.1) is 16.0 Å². The highest BCUT2D eigenvalue weighted by atomic mass is 32.2. The molecule has 1 atom stereocenters. The number of thioether (sulfide) groups is 1. The molecule has 0 saturated carbocycles. The molecule has 1 aromatic carbocycles. The molecule has 4 nitrogen and oxygen atoms in total. The Balaban J connectivity index is 1.88. The fraction of sp³-hybridized carbons (Fsp3) is 0.476. The third-order valence-electron chi connectivity index (χ3n) is 4.64. The average Bonchev–Trinajstić information content (AvgIpc) is 2.61. The number of pyridine rings is 1. The summed E-state index contributed by atoms with van der Waals surface area (Å²) in [6.07, 6.45) is 4.61. The van der Waals surface area contributed by atoms with E-state index in [4.69, 9.17) is 0 Å². The van der Waals surface area contributed by atoms with Crippen molar-refractivity contribution in [1.82, 2.24) is 9.29 Å². The van der Waals surface area contributed by atoms with E-state index in [1.807, 2.05) is 37.4 Å². The zero-order valence-corrected chi connectivity index (χ0v) is 18.1. The van der Waals surface area contributed by atoms with Crippen LogP contribution in [-0.2, 0) is 10.0 Å². The number of hydrogen-bond donors (Lipinski definition) is 0. The third kappa shape index (κ3) is 4.92. The highest BCUT2D eigenvalue weighted by Gasteiger charge is 2.34. The first-order valence-corrected chi connectivity index (χ1v) is 11.7. The first-order valence-electron chi connectivity index (χ1n) is 9.40. The maximum atomic E-state index is 13.2. The van der Waals surface area contributed by atoms with Crippen LogP contribution in [0.1, 0.15) is 57.2 Å². The predicted molar refractivity (Wildman–Crippen MR) is 112 cm³/mol. The minimum atomic E-state index is -3.51. The summed E-state index contributed by atoms with van der Waals surface area (Å²) in [5, 5.41) is 0.968. The van der Waals surface area contributed by atoms with Crippen molar-refractivity contribution in [2.45, 2.75) is 67.7 Å². The van der Waals surface area contributed by atoms with E-state index in [0.717, 1.165) is 35.4 Å². The summed E-state index contributed by atoms with van der Waals surface area (Å²) < 4.78 is 28.2. The van der Waals surface area contributed by atoms with Crippen LogP contribution in [-0.4, -0.2) is 29.0 Å². The lowest BCUT2D eigenvalue weighted by molar-refractivity contribution is 0.255. The highest BCUT2D eigenvalue weighted by molar-refractivity contribution is 8.00. The molecular formula is C21H28N2O2S2. The van der Waals surface area contributed by atoms with Crippen LogP contribution >= 0.6 is 11.8 Å². The van der Waals surface area contributed by atoms with E-state index in [1.165, 1.54) is 0 Å². The topological polar surface area (TPSA) is 50.3 Å². The van der Waals surface area contributed by atoms with E-state index in [-0.39, 0.29) is 10.8 Å². The zero-order chi connectivity index (χ0) is 19.7. The van der Waals surface area contributed by atoms with Gasteiger partial charge in [-0.1, -0.05) is 51.0 Å².